The molecule has 116 valence electrons. The molecule has 2 aliphatic carbocycles. The molecule has 1 aromatic carbocycles. The Bertz CT molecular complexity index is 626. The van der Waals surface area contributed by atoms with E-state index in [1.165, 1.54) is 12.8 Å². The van der Waals surface area contributed by atoms with Gasteiger partial charge in [-0.3, -0.25) is 5.43 Å². The van der Waals surface area contributed by atoms with Crippen LogP contribution in [0.25, 0.3) is 0 Å². The standard InChI is InChI=1S/C17H21N3OS/c1-11-3-4-13(9-16(11)21-2)10-18-20-17(22)19-15-8-12-5-6-14(15)7-12/h3-6,9-10,12,14-15H,7-8H2,1-2H3,(H2,19,20,22)/b18-10-/t12-,14+,15+/m1/s1. The Hall–Kier alpha value is -1.88. The highest BCUT2D eigenvalue weighted by atomic mass is 32.1. The molecular formula is C17H21N3OS. The number of ether oxygens (including phenoxy) is 1. The molecule has 5 heteroatoms. The van der Waals surface area contributed by atoms with E-state index >= 15 is 0 Å². The molecule has 3 rings (SSSR count). The van der Waals surface area contributed by atoms with Crippen molar-refractivity contribution in [1.29, 1.82) is 0 Å². The quantitative estimate of drug-likeness (QED) is 0.388. The maximum absolute atomic E-state index is 5.31. The second kappa shape index (κ2) is 6.48. The number of benzene rings is 1. The van der Waals surface area contributed by atoms with Crippen LogP contribution < -0.4 is 15.5 Å². The Morgan fingerprint density at radius 2 is 2.23 bits per heavy atom. The molecular weight excluding hydrogens is 294 g/mol. The van der Waals surface area contributed by atoms with Crippen LogP contribution in [-0.2, 0) is 0 Å². The molecule has 0 amide bonds. The van der Waals surface area contributed by atoms with Gasteiger partial charge in [0.2, 0.25) is 0 Å². The van der Waals surface area contributed by atoms with Crippen molar-refractivity contribution < 1.29 is 4.74 Å². The first-order valence-electron chi connectivity index (χ1n) is 7.58. The lowest BCUT2D eigenvalue weighted by Crippen LogP contribution is -2.42. The van der Waals surface area contributed by atoms with E-state index in [-0.39, 0.29) is 0 Å². The molecule has 1 saturated carbocycles. The zero-order valence-corrected chi connectivity index (χ0v) is 13.7. The van der Waals surface area contributed by atoms with E-state index in [1.807, 2.05) is 25.1 Å². The summed E-state index contributed by atoms with van der Waals surface area (Å²) in [6, 6.07) is 6.42. The van der Waals surface area contributed by atoms with E-state index in [2.05, 4.69) is 28.0 Å². The Morgan fingerprint density at radius 3 is 2.91 bits per heavy atom. The van der Waals surface area contributed by atoms with Crippen molar-refractivity contribution in [3.8, 4) is 5.75 Å². The minimum atomic E-state index is 0.449. The smallest absolute Gasteiger partial charge is 0.187 e. The number of rotatable bonds is 4. The van der Waals surface area contributed by atoms with Gasteiger partial charge in [-0.25, -0.2) is 0 Å². The number of hydrogen-bond acceptors (Lipinski definition) is 3. The highest BCUT2D eigenvalue weighted by Gasteiger charge is 2.35. The zero-order valence-electron chi connectivity index (χ0n) is 12.9. The second-order valence-electron chi connectivity index (χ2n) is 5.96. The Balaban J connectivity index is 1.51. The highest BCUT2D eigenvalue weighted by molar-refractivity contribution is 7.80. The van der Waals surface area contributed by atoms with E-state index in [4.69, 9.17) is 17.0 Å². The summed E-state index contributed by atoms with van der Waals surface area (Å²) in [6.45, 7) is 2.01. The van der Waals surface area contributed by atoms with Gasteiger partial charge in [-0.15, -0.1) is 0 Å². The van der Waals surface area contributed by atoms with Crippen molar-refractivity contribution in [2.24, 2.45) is 16.9 Å². The maximum atomic E-state index is 5.31. The number of nitrogens with zero attached hydrogens (tertiary/aromatic N) is 1. The van der Waals surface area contributed by atoms with Gasteiger partial charge in [0.1, 0.15) is 5.75 Å². The molecule has 0 saturated heterocycles. The minimum absolute atomic E-state index is 0.449. The molecule has 0 heterocycles. The summed E-state index contributed by atoms with van der Waals surface area (Å²) in [4.78, 5) is 0. The van der Waals surface area contributed by atoms with E-state index < -0.39 is 0 Å². The van der Waals surface area contributed by atoms with Crippen molar-refractivity contribution in [1.82, 2.24) is 10.7 Å². The number of fused-ring (bicyclic) bond motifs is 2. The van der Waals surface area contributed by atoms with Gasteiger partial charge in [-0.05, 0) is 61.0 Å². The zero-order chi connectivity index (χ0) is 15.5. The van der Waals surface area contributed by atoms with Gasteiger partial charge < -0.3 is 10.1 Å². The largest absolute Gasteiger partial charge is 0.496 e. The van der Waals surface area contributed by atoms with Gasteiger partial charge in [-0.2, -0.15) is 5.10 Å². The van der Waals surface area contributed by atoms with Gasteiger partial charge in [0.05, 0.1) is 13.3 Å². The van der Waals surface area contributed by atoms with Crippen LogP contribution in [0.5, 0.6) is 5.75 Å². The molecule has 2 bridgehead atoms. The van der Waals surface area contributed by atoms with Crippen molar-refractivity contribution >= 4 is 23.5 Å². The highest BCUT2D eigenvalue weighted by Crippen LogP contribution is 2.38. The van der Waals surface area contributed by atoms with Gasteiger partial charge in [-0.1, -0.05) is 24.3 Å². The number of hydrazone groups is 1. The lowest BCUT2D eigenvalue weighted by atomic mass is 10.0. The number of thiocarbonyl (C=S) groups is 1. The Morgan fingerprint density at radius 1 is 1.36 bits per heavy atom. The summed E-state index contributed by atoms with van der Waals surface area (Å²) in [5.74, 6) is 2.21. The van der Waals surface area contributed by atoms with Crippen LogP contribution in [0, 0.1) is 18.8 Å². The van der Waals surface area contributed by atoms with Crippen LogP contribution in [0.15, 0.2) is 35.5 Å². The molecule has 4 nitrogen and oxygen atoms in total. The fourth-order valence-electron chi connectivity index (χ4n) is 3.23. The molecule has 0 radical (unpaired) electrons. The monoisotopic (exact) mass is 315 g/mol. The molecule has 2 N–H and O–H groups in total. The molecule has 0 spiro atoms. The fourth-order valence-corrected chi connectivity index (χ4v) is 3.43. The molecule has 0 aromatic heterocycles. The molecule has 2 aliphatic rings. The average molecular weight is 315 g/mol. The minimum Gasteiger partial charge on any atom is -0.496 e. The number of methoxy groups -OCH3 is 1. The molecule has 1 aromatic rings. The average Bonchev–Trinajstić information content (AvgIpc) is 3.11. The topological polar surface area (TPSA) is 45.6 Å². The first kappa shape index (κ1) is 15.0. The van der Waals surface area contributed by atoms with Crippen LogP contribution in [0.1, 0.15) is 24.0 Å². The number of aryl methyl sites for hydroxylation is 1. The normalized spacial score (nSPS) is 25.6. The second-order valence-corrected chi connectivity index (χ2v) is 6.37. The summed E-state index contributed by atoms with van der Waals surface area (Å²) in [7, 11) is 1.67. The summed E-state index contributed by atoms with van der Waals surface area (Å²) < 4.78 is 5.30. The van der Waals surface area contributed by atoms with Gasteiger partial charge >= 0.3 is 0 Å². The lowest BCUT2D eigenvalue weighted by Gasteiger charge is -2.20. The molecule has 0 unspecified atom stereocenters. The van der Waals surface area contributed by atoms with Gasteiger partial charge in [0.15, 0.2) is 5.11 Å². The third-order valence-corrected chi connectivity index (χ3v) is 4.62. The first-order chi connectivity index (χ1) is 10.7. The third kappa shape index (κ3) is 3.30. The van der Waals surface area contributed by atoms with Crippen LogP contribution in [-0.4, -0.2) is 24.5 Å². The van der Waals surface area contributed by atoms with E-state index in [9.17, 15) is 0 Å². The predicted octanol–water partition coefficient (Wildman–Crippen LogP) is 2.77. The summed E-state index contributed by atoms with van der Waals surface area (Å²) in [5, 5.41) is 8.14. The summed E-state index contributed by atoms with van der Waals surface area (Å²) in [5.41, 5.74) is 4.97. The van der Waals surface area contributed by atoms with E-state index in [1.54, 1.807) is 13.3 Å². The van der Waals surface area contributed by atoms with Crippen molar-refractivity contribution in [2.45, 2.75) is 25.8 Å². The molecule has 1 fully saturated rings. The number of hydrogen-bond donors (Lipinski definition) is 2. The predicted molar refractivity (Wildman–Crippen MR) is 93.3 cm³/mol. The lowest BCUT2D eigenvalue weighted by molar-refractivity contribution is 0.411. The van der Waals surface area contributed by atoms with Crippen LogP contribution in [0.2, 0.25) is 0 Å². The SMILES string of the molecule is COc1cc(/C=N\NC(=S)N[C@H]2C[C@@H]3C=C[C@H]2C3)ccc1C. The first-order valence-corrected chi connectivity index (χ1v) is 7.99. The van der Waals surface area contributed by atoms with E-state index in [0.717, 1.165) is 22.8 Å². The van der Waals surface area contributed by atoms with Crippen LogP contribution in [0.4, 0.5) is 0 Å². The fraction of sp³-hybridized carbons (Fsp3) is 0.412. The molecule has 0 aliphatic heterocycles. The van der Waals surface area contributed by atoms with Crippen molar-refractivity contribution in [3.63, 3.8) is 0 Å². The van der Waals surface area contributed by atoms with Crippen LogP contribution >= 0.6 is 12.2 Å². The maximum Gasteiger partial charge on any atom is 0.187 e. The molecule has 22 heavy (non-hydrogen) atoms. The van der Waals surface area contributed by atoms with E-state index in [0.29, 0.717) is 17.1 Å². The number of allylic oxidation sites excluding steroid dienone is 1. The van der Waals surface area contributed by atoms with Crippen LogP contribution in [0.3, 0.4) is 0 Å². The third-order valence-electron chi connectivity index (χ3n) is 4.41. The Labute approximate surface area is 136 Å². The van der Waals surface area contributed by atoms with Crippen molar-refractivity contribution in [2.75, 3.05) is 7.11 Å². The Kier molecular flexibility index (Phi) is 4.43. The van der Waals surface area contributed by atoms with Gasteiger partial charge in [0, 0.05) is 6.04 Å². The van der Waals surface area contributed by atoms with Crippen molar-refractivity contribution in [3.05, 3.63) is 41.5 Å². The van der Waals surface area contributed by atoms with Gasteiger partial charge in [0.25, 0.3) is 0 Å². The summed E-state index contributed by atoms with van der Waals surface area (Å²) in [6.07, 6.45) is 8.80. The number of nitrogens with one attached hydrogen (secondary N) is 2. The molecule has 3 atom stereocenters. The summed E-state index contributed by atoms with van der Waals surface area (Å²) >= 11 is 5.31.